The third-order valence-electron chi connectivity index (χ3n) is 2.16. The van der Waals surface area contributed by atoms with E-state index in [1.807, 2.05) is 5.32 Å². The maximum atomic E-state index is 13.0. The summed E-state index contributed by atoms with van der Waals surface area (Å²) in [7, 11) is 0. The lowest BCUT2D eigenvalue weighted by molar-refractivity contribution is -0.145. The van der Waals surface area contributed by atoms with Crippen LogP contribution >= 0.6 is 15.9 Å². The number of carbonyl (C=O) groups is 3. The average Bonchev–Trinajstić information content (AvgIpc) is 2.31. The predicted molar refractivity (Wildman–Crippen MR) is 65.2 cm³/mol. The van der Waals surface area contributed by atoms with Crippen LogP contribution < -0.4 is 5.32 Å². The second-order valence-corrected chi connectivity index (χ2v) is 4.45. The van der Waals surface area contributed by atoms with Crippen LogP contribution in [0.25, 0.3) is 0 Å². The van der Waals surface area contributed by atoms with E-state index < -0.39 is 36.1 Å². The van der Waals surface area contributed by atoms with Crippen LogP contribution in [-0.2, 0) is 9.59 Å². The molecule has 19 heavy (non-hydrogen) atoms. The summed E-state index contributed by atoms with van der Waals surface area (Å²) < 4.78 is 13.0. The van der Waals surface area contributed by atoms with E-state index in [4.69, 9.17) is 10.2 Å². The van der Waals surface area contributed by atoms with E-state index >= 15 is 0 Å². The zero-order valence-electron chi connectivity index (χ0n) is 9.39. The summed E-state index contributed by atoms with van der Waals surface area (Å²) in [5, 5.41) is 19.3. The van der Waals surface area contributed by atoms with Gasteiger partial charge in [-0.2, -0.15) is 0 Å². The molecule has 1 atom stereocenters. The highest BCUT2D eigenvalue weighted by Gasteiger charge is 2.23. The number of hydrogen-bond acceptors (Lipinski definition) is 3. The number of rotatable bonds is 5. The summed E-state index contributed by atoms with van der Waals surface area (Å²) in [5.41, 5.74) is 0.0184. The van der Waals surface area contributed by atoms with Crippen molar-refractivity contribution in [2.75, 3.05) is 0 Å². The van der Waals surface area contributed by atoms with E-state index in [2.05, 4.69) is 15.9 Å². The summed E-state index contributed by atoms with van der Waals surface area (Å²) >= 11 is 2.88. The van der Waals surface area contributed by atoms with Gasteiger partial charge in [-0.05, 0) is 34.1 Å². The molecule has 0 aliphatic carbocycles. The molecule has 0 spiro atoms. The van der Waals surface area contributed by atoms with E-state index in [0.29, 0.717) is 0 Å². The minimum absolute atomic E-state index is 0.0184. The van der Waals surface area contributed by atoms with Gasteiger partial charge in [0.1, 0.15) is 11.9 Å². The van der Waals surface area contributed by atoms with E-state index in [-0.39, 0.29) is 10.0 Å². The Balaban J connectivity index is 2.84. The van der Waals surface area contributed by atoms with E-state index in [0.717, 1.165) is 12.1 Å². The summed E-state index contributed by atoms with van der Waals surface area (Å²) in [5.74, 6) is -4.18. The van der Waals surface area contributed by atoms with Crippen molar-refractivity contribution in [1.29, 1.82) is 0 Å². The first-order chi connectivity index (χ1) is 8.81. The van der Waals surface area contributed by atoms with Crippen LogP contribution in [0.1, 0.15) is 16.8 Å². The molecular weight excluding hydrogens is 325 g/mol. The lowest BCUT2D eigenvalue weighted by atomic mass is 10.1. The number of hydrogen-bond donors (Lipinski definition) is 3. The third-order valence-corrected chi connectivity index (χ3v) is 2.77. The molecule has 0 aliphatic rings. The first-order valence-electron chi connectivity index (χ1n) is 5.01. The van der Waals surface area contributed by atoms with Crippen LogP contribution in [0, 0.1) is 5.82 Å². The van der Waals surface area contributed by atoms with Gasteiger partial charge in [-0.25, -0.2) is 9.18 Å². The van der Waals surface area contributed by atoms with E-state index in [1.54, 1.807) is 0 Å². The van der Waals surface area contributed by atoms with Crippen molar-refractivity contribution in [2.24, 2.45) is 0 Å². The quantitative estimate of drug-likeness (QED) is 0.752. The van der Waals surface area contributed by atoms with Crippen LogP contribution in [0.5, 0.6) is 0 Å². The first-order valence-corrected chi connectivity index (χ1v) is 5.81. The lowest BCUT2D eigenvalue weighted by Gasteiger charge is -2.12. The molecule has 3 N–H and O–H groups in total. The van der Waals surface area contributed by atoms with Gasteiger partial charge >= 0.3 is 11.9 Å². The van der Waals surface area contributed by atoms with Crippen LogP contribution in [0.3, 0.4) is 0 Å². The van der Waals surface area contributed by atoms with Crippen LogP contribution in [0.4, 0.5) is 4.39 Å². The molecule has 1 unspecified atom stereocenters. The smallest absolute Gasteiger partial charge is 0.326 e. The van der Waals surface area contributed by atoms with Gasteiger partial charge < -0.3 is 15.5 Å². The standard InChI is InChI=1S/C11H9BrFNO5/c12-6-3-5(1-2-7(6)13)10(17)14-8(11(18)19)4-9(15)16/h1-3,8H,4H2,(H,14,17)(H,15,16)(H,18,19). The number of nitrogens with one attached hydrogen (secondary N) is 1. The fourth-order valence-corrected chi connectivity index (χ4v) is 1.63. The monoisotopic (exact) mass is 333 g/mol. The Morgan fingerprint density at radius 2 is 1.95 bits per heavy atom. The number of aliphatic carboxylic acids is 2. The topological polar surface area (TPSA) is 104 Å². The molecule has 0 radical (unpaired) electrons. The van der Waals surface area contributed by atoms with Crippen LogP contribution in [-0.4, -0.2) is 34.1 Å². The van der Waals surface area contributed by atoms with Crippen LogP contribution in [0.15, 0.2) is 22.7 Å². The highest BCUT2D eigenvalue weighted by atomic mass is 79.9. The molecule has 0 aliphatic heterocycles. The van der Waals surface area contributed by atoms with Crippen molar-refractivity contribution >= 4 is 33.8 Å². The molecule has 0 heterocycles. The number of amides is 1. The second-order valence-electron chi connectivity index (χ2n) is 3.59. The van der Waals surface area contributed by atoms with Crippen molar-refractivity contribution in [2.45, 2.75) is 12.5 Å². The highest BCUT2D eigenvalue weighted by Crippen LogP contribution is 2.16. The zero-order chi connectivity index (χ0) is 14.6. The minimum atomic E-state index is -1.55. The number of carboxylic acid groups (broad SMARTS) is 2. The molecule has 0 saturated carbocycles. The molecule has 6 nitrogen and oxygen atoms in total. The van der Waals surface area contributed by atoms with Gasteiger partial charge in [0, 0.05) is 5.56 Å². The second kappa shape index (κ2) is 6.28. The minimum Gasteiger partial charge on any atom is -0.481 e. The van der Waals surface area contributed by atoms with Gasteiger partial charge in [0.2, 0.25) is 0 Å². The predicted octanol–water partition coefficient (Wildman–Crippen LogP) is 1.25. The van der Waals surface area contributed by atoms with Gasteiger partial charge in [-0.15, -0.1) is 0 Å². The Morgan fingerprint density at radius 3 is 2.42 bits per heavy atom. The maximum Gasteiger partial charge on any atom is 0.326 e. The van der Waals surface area contributed by atoms with Crippen molar-refractivity contribution in [1.82, 2.24) is 5.32 Å². The Morgan fingerprint density at radius 1 is 1.32 bits per heavy atom. The van der Waals surface area contributed by atoms with Crippen LogP contribution in [0.2, 0.25) is 0 Å². The summed E-state index contributed by atoms with van der Waals surface area (Å²) in [6.45, 7) is 0. The van der Waals surface area contributed by atoms with Crippen molar-refractivity contribution < 1.29 is 29.0 Å². The Hall–Kier alpha value is -1.96. The van der Waals surface area contributed by atoms with Gasteiger partial charge in [0.15, 0.2) is 0 Å². The van der Waals surface area contributed by atoms with Gasteiger partial charge in [-0.1, -0.05) is 0 Å². The molecule has 1 aromatic rings. The summed E-state index contributed by atoms with van der Waals surface area (Å²) in [6, 6.07) is 1.82. The number of benzene rings is 1. The average molecular weight is 334 g/mol. The molecule has 0 aromatic heterocycles. The first kappa shape index (κ1) is 15.1. The van der Waals surface area contributed by atoms with Gasteiger partial charge in [0.25, 0.3) is 5.91 Å². The van der Waals surface area contributed by atoms with Crippen molar-refractivity contribution in [3.63, 3.8) is 0 Å². The molecule has 0 saturated heterocycles. The lowest BCUT2D eigenvalue weighted by Crippen LogP contribution is -2.42. The summed E-state index contributed by atoms with van der Waals surface area (Å²) in [4.78, 5) is 32.9. The van der Waals surface area contributed by atoms with Crippen molar-refractivity contribution in [3.8, 4) is 0 Å². The number of carboxylic acids is 2. The van der Waals surface area contributed by atoms with E-state index in [1.165, 1.54) is 6.07 Å². The van der Waals surface area contributed by atoms with E-state index in [9.17, 15) is 18.8 Å². The Labute approximate surface area is 115 Å². The molecule has 0 fully saturated rings. The number of halogens is 2. The largest absolute Gasteiger partial charge is 0.481 e. The fraction of sp³-hybridized carbons (Fsp3) is 0.182. The Bertz CT molecular complexity index is 534. The number of carbonyl (C=O) groups excluding carboxylic acids is 1. The molecule has 0 bridgehead atoms. The molecule has 1 rings (SSSR count). The highest BCUT2D eigenvalue weighted by molar-refractivity contribution is 9.10. The third kappa shape index (κ3) is 4.32. The molecule has 8 heteroatoms. The van der Waals surface area contributed by atoms with Crippen molar-refractivity contribution in [3.05, 3.63) is 34.1 Å². The summed E-state index contributed by atoms with van der Waals surface area (Å²) in [6.07, 6.45) is -0.747. The fourth-order valence-electron chi connectivity index (χ4n) is 1.25. The molecule has 1 aromatic carbocycles. The maximum absolute atomic E-state index is 13.0. The van der Waals surface area contributed by atoms with Gasteiger partial charge in [-0.3, -0.25) is 9.59 Å². The zero-order valence-corrected chi connectivity index (χ0v) is 11.0. The molecule has 1 amide bonds. The molecular formula is C11H9BrFNO5. The van der Waals surface area contributed by atoms with Gasteiger partial charge in [0.05, 0.1) is 10.9 Å². The Kier molecular flexibility index (Phi) is 4.99. The SMILES string of the molecule is O=C(O)CC(NC(=O)c1ccc(F)c(Br)c1)C(=O)O. The molecule has 102 valence electrons. The normalized spacial score (nSPS) is 11.7.